The molecular weight excluding hydrogens is 448 g/mol. The zero-order chi connectivity index (χ0) is 20.9. The number of aryl methyl sites for hydroxylation is 1. The van der Waals surface area contributed by atoms with E-state index in [4.69, 9.17) is 4.74 Å². The normalized spacial score (nSPS) is 10.7. The van der Waals surface area contributed by atoms with E-state index in [-0.39, 0.29) is 24.3 Å². The molecule has 0 radical (unpaired) electrons. The lowest BCUT2D eigenvalue weighted by molar-refractivity contribution is 0.101. The minimum absolute atomic E-state index is 0.193. The molecule has 9 heteroatoms. The van der Waals surface area contributed by atoms with Gasteiger partial charge in [0.1, 0.15) is 12.1 Å². The molecule has 0 aliphatic rings. The minimum atomic E-state index is -0.384. The van der Waals surface area contributed by atoms with Gasteiger partial charge in [0.25, 0.3) is 5.91 Å². The molecular formula is C21H19BrN6O2. The molecule has 0 saturated carbocycles. The zero-order valence-corrected chi connectivity index (χ0v) is 17.8. The first-order chi connectivity index (χ1) is 14.5. The summed E-state index contributed by atoms with van der Waals surface area (Å²) in [5.41, 5.74) is 2.55. The summed E-state index contributed by atoms with van der Waals surface area (Å²) in [6.07, 6.45) is 3.26. The molecule has 30 heavy (non-hydrogen) atoms. The van der Waals surface area contributed by atoms with Gasteiger partial charge in [-0.3, -0.25) is 10.1 Å². The van der Waals surface area contributed by atoms with Crippen molar-refractivity contribution < 1.29 is 9.53 Å². The van der Waals surface area contributed by atoms with Crippen LogP contribution in [0.1, 0.15) is 21.6 Å². The van der Waals surface area contributed by atoms with E-state index in [1.165, 1.54) is 5.56 Å². The van der Waals surface area contributed by atoms with Crippen LogP contribution in [0.5, 0.6) is 5.75 Å². The molecule has 2 aromatic heterocycles. The van der Waals surface area contributed by atoms with Gasteiger partial charge in [-0.15, -0.1) is 5.10 Å². The monoisotopic (exact) mass is 466 g/mol. The van der Waals surface area contributed by atoms with Crippen LogP contribution in [0.4, 0.5) is 5.95 Å². The number of carbonyl (C=O) groups is 1. The molecule has 0 bridgehead atoms. The van der Waals surface area contributed by atoms with Crippen LogP contribution in [0.3, 0.4) is 0 Å². The Labute approximate surface area is 181 Å². The summed E-state index contributed by atoms with van der Waals surface area (Å²) in [5, 5.41) is 11.2. The first-order valence-corrected chi connectivity index (χ1v) is 10.0. The van der Waals surface area contributed by atoms with E-state index in [1.807, 2.05) is 49.4 Å². The van der Waals surface area contributed by atoms with Crippen molar-refractivity contribution in [1.82, 2.24) is 24.5 Å². The number of ether oxygens (including phenoxy) is 1. The third-order valence-corrected chi connectivity index (χ3v) is 4.77. The van der Waals surface area contributed by atoms with Gasteiger partial charge in [0, 0.05) is 10.7 Å². The summed E-state index contributed by atoms with van der Waals surface area (Å²) in [7, 11) is 0. The van der Waals surface area contributed by atoms with Gasteiger partial charge in [0.05, 0.1) is 6.54 Å². The highest BCUT2D eigenvalue weighted by atomic mass is 79.9. The third kappa shape index (κ3) is 5.12. The molecule has 0 aliphatic heterocycles. The van der Waals surface area contributed by atoms with Crippen LogP contribution in [-0.2, 0) is 13.3 Å². The first kappa shape index (κ1) is 19.8. The van der Waals surface area contributed by atoms with Gasteiger partial charge in [-0.05, 0) is 42.8 Å². The number of anilines is 1. The molecule has 0 aliphatic carbocycles. The lowest BCUT2D eigenvalue weighted by Crippen LogP contribution is -2.15. The Hall–Kier alpha value is -3.46. The highest BCUT2D eigenvalue weighted by Gasteiger charge is 2.12. The lowest BCUT2D eigenvalue weighted by atomic mass is 10.1. The highest BCUT2D eigenvalue weighted by Crippen LogP contribution is 2.16. The van der Waals surface area contributed by atoms with E-state index < -0.39 is 0 Å². The second-order valence-electron chi connectivity index (χ2n) is 6.68. The van der Waals surface area contributed by atoms with Crippen LogP contribution in [-0.4, -0.2) is 30.5 Å². The predicted octanol–water partition coefficient (Wildman–Crippen LogP) is 3.88. The number of carbonyl (C=O) groups excluding carboxylic acids is 1. The quantitative estimate of drug-likeness (QED) is 0.446. The van der Waals surface area contributed by atoms with Crippen molar-refractivity contribution in [2.45, 2.75) is 20.2 Å². The molecule has 2 heterocycles. The summed E-state index contributed by atoms with van der Waals surface area (Å²) < 4.78 is 9.84. The van der Waals surface area contributed by atoms with Crippen molar-refractivity contribution in [1.29, 1.82) is 0 Å². The van der Waals surface area contributed by atoms with Crippen molar-refractivity contribution in [2.75, 3.05) is 5.32 Å². The number of aromatic nitrogens is 5. The van der Waals surface area contributed by atoms with Gasteiger partial charge in [0.2, 0.25) is 5.95 Å². The van der Waals surface area contributed by atoms with Crippen LogP contribution in [0.25, 0.3) is 0 Å². The van der Waals surface area contributed by atoms with Crippen LogP contribution >= 0.6 is 15.9 Å². The summed E-state index contributed by atoms with van der Waals surface area (Å²) in [5.74, 6) is 0.557. The Morgan fingerprint density at radius 2 is 1.93 bits per heavy atom. The molecule has 4 aromatic rings. The van der Waals surface area contributed by atoms with Gasteiger partial charge in [-0.25, -0.2) is 14.3 Å². The smallest absolute Gasteiger partial charge is 0.278 e. The Bertz CT molecular complexity index is 1150. The second kappa shape index (κ2) is 8.91. The molecule has 0 fully saturated rings. The predicted molar refractivity (Wildman–Crippen MR) is 115 cm³/mol. The largest absolute Gasteiger partial charge is 0.471 e. The number of halogens is 1. The van der Waals surface area contributed by atoms with E-state index in [9.17, 15) is 4.79 Å². The molecule has 1 N–H and O–H groups in total. The van der Waals surface area contributed by atoms with E-state index in [1.54, 1.807) is 28.0 Å². The Kier molecular flexibility index (Phi) is 5.89. The number of rotatable bonds is 7. The topological polar surface area (TPSA) is 86.9 Å². The van der Waals surface area contributed by atoms with Gasteiger partial charge in [-0.2, -0.15) is 5.10 Å². The third-order valence-electron chi connectivity index (χ3n) is 4.24. The summed E-state index contributed by atoms with van der Waals surface area (Å²) in [6.45, 7) is 2.81. The van der Waals surface area contributed by atoms with Gasteiger partial charge in [-0.1, -0.05) is 45.8 Å². The van der Waals surface area contributed by atoms with Gasteiger partial charge in [0.15, 0.2) is 12.4 Å². The maximum absolute atomic E-state index is 12.4. The summed E-state index contributed by atoms with van der Waals surface area (Å²) >= 11 is 3.38. The van der Waals surface area contributed by atoms with E-state index in [0.717, 1.165) is 10.0 Å². The summed E-state index contributed by atoms with van der Waals surface area (Å²) in [6, 6.07) is 17.2. The first-order valence-electron chi connectivity index (χ1n) is 9.23. The second-order valence-corrected chi connectivity index (χ2v) is 7.59. The Morgan fingerprint density at radius 3 is 2.73 bits per heavy atom. The average Bonchev–Trinajstić information content (AvgIpc) is 3.37. The zero-order valence-electron chi connectivity index (χ0n) is 16.2. The standard InChI is InChI=1S/C21H19BrN6O2/c1-15-3-2-4-16(11-15)12-28-13-23-21(26-28)24-20(29)19-9-10-27(25-19)14-30-18-7-5-17(22)6-8-18/h2-11,13H,12,14H2,1H3,(H,24,26,29). The molecule has 0 spiro atoms. The fraction of sp³-hybridized carbons (Fsp3) is 0.143. The van der Waals surface area contributed by atoms with E-state index >= 15 is 0 Å². The SMILES string of the molecule is Cc1cccc(Cn2cnc(NC(=O)c3ccn(COc4ccc(Br)cc4)n3)n2)c1. The van der Waals surface area contributed by atoms with Crippen molar-refractivity contribution in [3.8, 4) is 5.75 Å². The molecule has 0 saturated heterocycles. The molecule has 0 atom stereocenters. The highest BCUT2D eigenvalue weighted by molar-refractivity contribution is 9.10. The van der Waals surface area contributed by atoms with Crippen molar-refractivity contribution >= 4 is 27.8 Å². The number of nitrogens with one attached hydrogen (secondary N) is 1. The number of hydrogen-bond donors (Lipinski definition) is 1. The molecule has 2 aromatic carbocycles. The number of amides is 1. The van der Waals surface area contributed by atoms with E-state index in [2.05, 4.69) is 42.5 Å². The van der Waals surface area contributed by atoms with Crippen LogP contribution < -0.4 is 10.1 Å². The van der Waals surface area contributed by atoms with Gasteiger partial charge >= 0.3 is 0 Å². The fourth-order valence-electron chi connectivity index (χ4n) is 2.82. The molecule has 0 unspecified atom stereocenters. The van der Waals surface area contributed by atoms with Crippen LogP contribution in [0, 0.1) is 6.92 Å². The molecule has 152 valence electrons. The molecule has 8 nitrogen and oxygen atoms in total. The minimum Gasteiger partial charge on any atom is -0.471 e. The summed E-state index contributed by atoms with van der Waals surface area (Å²) in [4.78, 5) is 16.6. The Balaban J connectivity index is 1.33. The van der Waals surface area contributed by atoms with Crippen LogP contribution in [0.15, 0.2) is 71.6 Å². The molecule has 4 rings (SSSR count). The van der Waals surface area contributed by atoms with Crippen molar-refractivity contribution in [3.05, 3.63) is 88.4 Å². The lowest BCUT2D eigenvalue weighted by Gasteiger charge is -2.06. The van der Waals surface area contributed by atoms with Crippen molar-refractivity contribution in [2.24, 2.45) is 0 Å². The number of hydrogen-bond acceptors (Lipinski definition) is 5. The van der Waals surface area contributed by atoms with E-state index in [0.29, 0.717) is 12.3 Å². The van der Waals surface area contributed by atoms with Crippen LogP contribution in [0.2, 0.25) is 0 Å². The van der Waals surface area contributed by atoms with Gasteiger partial charge < -0.3 is 4.74 Å². The Morgan fingerprint density at radius 1 is 1.10 bits per heavy atom. The maximum Gasteiger partial charge on any atom is 0.278 e. The fourth-order valence-corrected chi connectivity index (χ4v) is 3.08. The number of benzene rings is 2. The average molecular weight is 467 g/mol. The number of nitrogens with zero attached hydrogens (tertiary/aromatic N) is 5. The maximum atomic E-state index is 12.4. The van der Waals surface area contributed by atoms with Crippen molar-refractivity contribution in [3.63, 3.8) is 0 Å². The molecule has 1 amide bonds.